The first-order valence-corrected chi connectivity index (χ1v) is 11.9. The van der Waals surface area contributed by atoms with E-state index in [-0.39, 0.29) is 42.8 Å². The van der Waals surface area contributed by atoms with Crippen molar-refractivity contribution >= 4 is 29.2 Å². The summed E-state index contributed by atoms with van der Waals surface area (Å²) in [5.41, 5.74) is 3.34. The summed E-state index contributed by atoms with van der Waals surface area (Å²) in [7, 11) is 1.55. The van der Waals surface area contributed by atoms with Gasteiger partial charge in [0.05, 0.1) is 6.20 Å². The van der Waals surface area contributed by atoms with Crippen LogP contribution in [0.4, 0.5) is 0 Å². The molecular formula is C27H24N6O5. The van der Waals surface area contributed by atoms with Crippen molar-refractivity contribution in [3.05, 3.63) is 94.4 Å². The predicted octanol–water partition coefficient (Wildman–Crippen LogP) is 1.45. The molecule has 4 aromatic rings. The van der Waals surface area contributed by atoms with Crippen molar-refractivity contribution < 1.29 is 23.9 Å². The van der Waals surface area contributed by atoms with Gasteiger partial charge in [-0.3, -0.25) is 19.2 Å². The molecule has 0 spiro atoms. The molecule has 0 radical (unpaired) electrons. The maximum absolute atomic E-state index is 13.1. The topological polar surface area (TPSA) is 144 Å². The van der Waals surface area contributed by atoms with Gasteiger partial charge < -0.3 is 20.7 Å². The third-order valence-corrected chi connectivity index (χ3v) is 6.05. The van der Waals surface area contributed by atoms with Gasteiger partial charge in [-0.25, -0.2) is 9.50 Å². The van der Waals surface area contributed by atoms with E-state index < -0.39 is 11.8 Å². The highest BCUT2D eigenvalue weighted by Gasteiger charge is 2.19. The van der Waals surface area contributed by atoms with Crippen molar-refractivity contribution in [2.75, 3.05) is 13.7 Å². The average molecular weight is 513 g/mol. The Kier molecular flexibility index (Phi) is 6.81. The van der Waals surface area contributed by atoms with Gasteiger partial charge in [0.15, 0.2) is 11.4 Å². The van der Waals surface area contributed by atoms with Gasteiger partial charge in [0.1, 0.15) is 23.7 Å². The van der Waals surface area contributed by atoms with Crippen molar-refractivity contribution in [1.82, 2.24) is 30.5 Å². The number of nitrogens with one attached hydrogen (secondary N) is 3. The van der Waals surface area contributed by atoms with Gasteiger partial charge in [-0.05, 0) is 35.4 Å². The molecule has 1 aliphatic rings. The summed E-state index contributed by atoms with van der Waals surface area (Å²) in [5.74, 6) is -0.477. The number of fused-ring (bicyclic) bond motifs is 2. The highest BCUT2D eigenvalue weighted by Crippen LogP contribution is 2.24. The zero-order valence-electron chi connectivity index (χ0n) is 20.5. The standard InChI is InChI=1S/C27H24N6O5/c1-28-25(35)18-4-2-3-16(9-18)13-30-27(37)22-12-21(32-24-7-8-31-33(22)24)26(36)29-14-17-5-6-23-19(10-17)11-20(34)15-38-23/h2-10,12H,11,13-15H2,1H3,(H,28,35)(H,29,36)(H,30,37). The Labute approximate surface area is 217 Å². The van der Waals surface area contributed by atoms with Crippen LogP contribution in [0.2, 0.25) is 0 Å². The van der Waals surface area contributed by atoms with E-state index >= 15 is 0 Å². The fourth-order valence-corrected chi connectivity index (χ4v) is 4.15. The monoisotopic (exact) mass is 512 g/mol. The number of aromatic nitrogens is 3. The lowest BCUT2D eigenvalue weighted by Gasteiger charge is -2.17. The summed E-state index contributed by atoms with van der Waals surface area (Å²) < 4.78 is 6.77. The normalized spacial score (nSPS) is 12.4. The first kappa shape index (κ1) is 24.6. The second-order valence-corrected chi connectivity index (χ2v) is 8.72. The fourth-order valence-electron chi connectivity index (χ4n) is 4.15. The van der Waals surface area contributed by atoms with E-state index in [1.165, 1.54) is 16.8 Å². The second kappa shape index (κ2) is 10.5. The quantitative estimate of drug-likeness (QED) is 0.340. The molecule has 0 atom stereocenters. The summed E-state index contributed by atoms with van der Waals surface area (Å²) in [4.78, 5) is 53.9. The minimum Gasteiger partial charge on any atom is -0.486 e. The Morgan fingerprint density at radius 1 is 0.947 bits per heavy atom. The molecule has 11 nitrogen and oxygen atoms in total. The molecule has 0 saturated heterocycles. The molecule has 0 unspecified atom stereocenters. The molecule has 0 saturated carbocycles. The summed E-state index contributed by atoms with van der Waals surface area (Å²) in [6, 6.07) is 15.3. The molecule has 1 aliphatic heterocycles. The SMILES string of the molecule is CNC(=O)c1cccc(CNC(=O)c2cc(C(=O)NCc3ccc4c(c3)CC(=O)CO4)nc3ccnn23)c1. The first-order valence-electron chi connectivity index (χ1n) is 11.9. The lowest BCUT2D eigenvalue weighted by Crippen LogP contribution is -2.28. The average Bonchev–Trinajstić information content (AvgIpc) is 3.42. The van der Waals surface area contributed by atoms with Gasteiger partial charge in [0.25, 0.3) is 17.7 Å². The van der Waals surface area contributed by atoms with Gasteiger partial charge >= 0.3 is 0 Å². The Morgan fingerprint density at radius 3 is 2.55 bits per heavy atom. The maximum Gasteiger partial charge on any atom is 0.270 e. The third kappa shape index (κ3) is 5.21. The van der Waals surface area contributed by atoms with Crippen LogP contribution in [-0.4, -0.2) is 51.8 Å². The number of rotatable bonds is 7. The summed E-state index contributed by atoms with van der Waals surface area (Å²) >= 11 is 0. The molecule has 2 aromatic carbocycles. The van der Waals surface area contributed by atoms with Crippen molar-refractivity contribution in [3.8, 4) is 5.75 Å². The lowest BCUT2D eigenvalue weighted by atomic mass is 10.0. The van der Waals surface area contributed by atoms with E-state index in [1.807, 2.05) is 12.1 Å². The van der Waals surface area contributed by atoms with Gasteiger partial charge in [0, 0.05) is 49.8 Å². The van der Waals surface area contributed by atoms with Crippen LogP contribution < -0.4 is 20.7 Å². The molecule has 3 heterocycles. The Hall–Kier alpha value is -5.06. The Morgan fingerprint density at radius 2 is 1.74 bits per heavy atom. The van der Waals surface area contributed by atoms with Crippen LogP contribution in [0.15, 0.2) is 60.8 Å². The molecule has 11 heteroatoms. The zero-order chi connectivity index (χ0) is 26.6. The van der Waals surface area contributed by atoms with Crippen LogP contribution in [0.1, 0.15) is 48.0 Å². The van der Waals surface area contributed by atoms with Crippen LogP contribution in [0.5, 0.6) is 5.75 Å². The number of carbonyl (C=O) groups is 4. The van der Waals surface area contributed by atoms with Gasteiger partial charge in [-0.1, -0.05) is 18.2 Å². The molecule has 0 bridgehead atoms. The van der Waals surface area contributed by atoms with Crippen molar-refractivity contribution in [3.63, 3.8) is 0 Å². The molecule has 192 valence electrons. The van der Waals surface area contributed by atoms with Crippen LogP contribution in [0, 0.1) is 0 Å². The number of ketones is 1. The number of nitrogens with zero attached hydrogens (tertiary/aromatic N) is 3. The lowest BCUT2D eigenvalue weighted by molar-refractivity contribution is -0.121. The molecular weight excluding hydrogens is 488 g/mol. The summed E-state index contributed by atoms with van der Waals surface area (Å²) in [6.45, 7) is 0.445. The van der Waals surface area contributed by atoms with E-state index in [0.29, 0.717) is 23.4 Å². The Balaban J connectivity index is 1.30. The largest absolute Gasteiger partial charge is 0.486 e. The van der Waals surface area contributed by atoms with Gasteiger partial charge in [-0.2, -0.15) is 5.10 Å². The number of amides is 3. The molecule has 2 aromatic heterocycles. The Bertz CT molecular complexity index is 1580. The summed E-state index contributed by atoms with van der Waals surface area (Å²) in [5, 5.41) is 12.3. The fraction of sp³-hybridized carbons (Fsp3) is 0.185. The van der Waals surface area contributed by atoms with Gasteiger partial charge in [0.2, 0.25) is 0 Å². The minimum atomic E-state index is -0.467. The van der Waals surface area contributed by atoms with E-state index in [9.17, 15) is 19.2 Å². The number of Topliss-reactive ketones (excluding diaryl/α,β-unsaturated/α-hetero) is 1. The van der Waals surface area contributed by atoms with Crippen LogP contribution >= 0.6 is 0 Å². The van der Waals surface area contributed by atoms with Crippen molar-refractivity contribution in [2.24, 2.45) is 0 Å². The van der Waals surface area contributed by atoms with E-state index in [4.69, 9.17) is 4.74 Å². The highest BCUT2D eigenvalue weighted by molar-refractivity contribution is 5.98. The second-order valence-electron chi connectivity index (χ2n) is 8.72. The number of hydrogen-bond donors (Lipinski definition) is 3. The first-order chi connectivity index (χ1) is 18.4. The van der Waals surface area contributed by atoms with Crippen molar-refractivity contribution in [1.29, 1.82) is 0 Å². The molecule has 5 rings (SSSR count). The number of ether oxygens (including phenoxy) is 1. The van der Waals surface area contributed by atoms with E-state index in [1.54, 1.807) is 43.4 Å². The number of benzene rings is 2. The van der Waals surface area contributed by atoms with Crippen LogP contribution in [0.25, 0.3) is 5.65 Å². The van der Waals surface area contributed by atoms with Crippen LogP contribution in [0.3, 0.4) is 0 Å². The number of hydrogen-bond acceptors (Lipinski definition) is 7. The van der Waals surface area contributed by atoms with E-state index in [0.717, 1.165) is 16.7 Å². The molecule has 0 fully saturated rings. The predicted molar refractivity (Wildman–Crippen MR) is 136 cm³/mol. The van der Waals surface area contributed by atoms with Crippen LogP contribution in [-0.2, 0) is 24.3 Å². The maximum atomic E-state index is 13.1. The van der Waals surface area contributed by atoms with E-state index in [2.05, 4.69) is 26.0 Å². The zero-order valence-corrected chi connectivity index (χ0v) is 20.5. The molecule has 0 aliphatic carbocycles. The highest BCUT2D eigenvalue weighted by atomic mass is 16.5. The molecule has 3 amide bonds. The third-order valence-electron chi connectivity index (χ3n) is 6.05. The minimum absolute atomic E-state index is 0.00182. The number of carbonyl (C=O) groups excluding carboxylic acids is 4. The van der Waals surface area contributed by atoms with Crippen molar-refractivity contribution in [2.45, 2.75) is 19.5 Å². The molecule has 38 heavy (non-hydrogen) atoms. The molecule has 3 N–H and O–H groups in total. The smallest absolute Gasteiger partial charge is 0.270 e. The summed E-state index contributed by atoms with van der Waals surface area (Å²) in [6.07, 6.45) is 1.79. The van der Waals surface area contributed by atoms with Gasteiger partial charge in [-0.15, -0.1) is 0 Å².